The predicted octanol–water partition coefficient (Wildman–Crippen LogP) is 5.26. The molecule has 2 nitrogen and oxygen atoms in total. The average Bonchev–Trinajstić information content (AvgIpc) is 2.50. The normalized spacial score (nSPS) is 25.0. The van der Waals surface area contributed by atoms with Gasteiger partial charge in [0.2, 0.25) is 0 Å². The lowest BCUT2D eigenvalue weighted by Gasteiger charge is -2.56. The molecule has 2 rings (SSSR count). The molecule has 1 heterocycles. The van der Waals surface area contributed by atoms with Gasteiger partial charge in [0.25, 0.3) is 0 Å². The Morgan fingerprint density at radius 2 is 1.91 bits per heavy atom. The Labute approximate surface area is 151 Å². The van der Waals surface area contributed by atoms with Crippen LogP contribution in [0.1, 0.15) is 37.8 Å². The zero-order valence-corrected chi connectivity index (χ0v) is 17.8. The van der Waals surface area contributed by atoms with Crippen LogP contribution in [0.5, 0.6) is 0 Å². The standard InChI is InChI=1S/C19H32BrNOSi/c1-6-10-16-13-17(19(20)23(3,4)5)21(16)18(14-22-2)15-11-8-7-9-12-15/h7-9,11-12,16-19H,6,10,13-14H2,1-5H3/t16-,17-,18-,19+/m0/s1. The predicted molar refractivity (Wildman–Crippen MR) is 106 cm³/mol. The van der Waals surface area contributed by atoms with Gasteiger partial charge in [-0.3, -0.25) is 4.90 Å². The van der Waals surface area contributed by atoms with Crippen molar-refractivity contribution in [2.75, 3.05) is 13.7 Å². The fourth-order valence-electron chi connectivity index (χ4n) is 3.78. The Morgan fingerprint density at radius 3 is 2.43 bits per heavy atom. The van der Waals surface area contributed by atoms with Gasteiger partial charge in [0.15, 0.2) is 0 Å². The fraction of sp³-hybridized carbons (Fsp3) is 0.684. The van der Waals surface area contributed by atoms with Crippen molar-refractivity contribution in [2.24, 2.45) is 0 Å². The van der Waals surface area contributed by atoms with Gasteiger partial charge in [0.05, 0.1) is 20.7 Å². The van der Waals surface area contributed by atoms with Gasteiger partial charge in [-0.05, 0) is 18.4 Å². The summed E-state index contributed by atoms with van der Waals surface area (Å²) in [4.78, 5) is 2.75. The smallest absolute Gasteiger partial charge is 0.0660 e. The van der Waals surface area contributed by atoms with Crippen LogP contribution in [0.4, 0.5) is 0 Å². The van der Waals surface area contributed by atoms with Crippen LogP contribution in [0.15, 0.2) is 30.3 Å². The summed E-state index contributed by atoms with van der Waals surface area (Å²) < 4.78 is 6.24. The minimum Gasteiger partial charge on any atom is -0.383 e. The molecule has 0 unspecified atom stereocenters. The molecule has 130 valence electrons. The van der Waals surface area contributed by atoms with Crippen molar-refractivity contribution < 1.29 is 4.74 Å². The van der Waals surface area contributed by atoms with Crippen molar-refractivity contribution in [3.8, 4) is 0 Å². The van der Waals surface area contributed by atoms with E-state index in [-0.39, 0.29) is 0 Å². The number of alkyl halides is 1. The van der Waals surface area contributed by atoms with E-state index in [1.54, 1.807) is 0 Å². The minimum absolute atomic E-state index is 0.368. The molecule has 0 amide bonds. The Morgan fingerprint density at radius 1 is 1.26 bits per heavy atom. The summed E-state index contributed by atoms with van der Waals surface area (Å²) in [5.74, 6) is 0. The lowest BCUT2D eigenvalue weighted by Crippen LogP contribution is -2.65. The van der Waals surface area contributed by atoms with Crippen LogP contribution in [0, 0.1) is 0 Å². The topological polar surface area (TPSA) is 12.5 Å². The molecule has 0 aliphatic carbocycles. The van der Waals surface area contributed by atoms with Gasteiger partial charge >= 0.3 is 0 Å². The van der Waals surface area contributed by atoms with Gasteiger partial charge in [-0.2, -0.15) is 0 Å². The van der Waals surface area contributed by atoms with E-state index in [1.807, 2.05) is 7.11 Å². The Bertz CT molecular complexity index is 476. The molecule has 1 aromatic rings. The van der Waals surface area contributed by atoms with Crippen LogP contribution in [-0.4, -0.2) is 43.2 Å². The van der Waals surface area contributed by atoms with E-state index in [1.165, 1.54) is 24.8 Å². The summed E-state index contributed by atoms with van der Waals surface area (Å²) in [6.45, 7) is 10.5. The number of rotatable bonds is 8. The summed E-state index contributed by atoms with van der Waals surface area (Å²) in [7, 11) is 0.600. The highest BCUT2D eigenvalue weighted by Crippen LogP contribution is 2.43. The Kier molecular flexibility index (Phi) is 6.90. The first-order valence-corrected chi connectivity index (χ1v) is 13.3. The van der Waals surface area contributed by atoms with E-state index in [9.17, 15) is 0 Å². The van der Waals surface area contributed by atoms with Crippen LogP contribution in [0.25, 0.3) is 0 Å². The molecule has 1 aromatic carbocycles. The van der Waals surface area contributed by atoms with Crippen LogP contribution in [-0.2, 0) is 4.74 Å². The van der Waals surface area contributed by atoms with Gasteiger partial charge in [0, 0.05) is 23.6 Å². The minimum atomic E-state index is -1.22. The molecule has 1 fully saturated rings. The molecule has 23 heavy (non-hydrogen) atoms. The van der Waals surface area contributed by atoms with Gasteiger partial charge < -0.3 is 4.74 Å². The van der Waals surface area contributed by atoms with E-state index in [0.717, 1.165) is 6.61 Å². The van der Waals surface area contributed by atoms with Gasteiger partial charge in [-0.15, -0.1) is 0 Å². The molecule has 0 spiro atoms. The Balaban J connectivity index is 2.27. The maximum absolute atomic E-state index is 5.61. The first-order valence-electron chi connectivity index (χ1n) is 8.85. The molecular weight excluding hydrogens is 366 g/mol. The van der Waals surface area contributed by atoms with Crippen LogP contribution < -0.4 is 0 Å². The summed E-state index contributed by atoms with van der Waals surface area (Å²) in [5.41, 5.74) is 1.38. The molecule has 0 bridgehead atoms. The van der Waals surface area contributed by atoms with Crippen LogP contribution in [0.2, 0.25) is 19.6 Å². The maximum Gasteiger partial charge on any atom is 0.0660 e. The van der Waals surface area contributed by atoms with Crippen molar-refractivity contribution in [1.82, 2.24) is 4.90 Å². The fourth-order valence-corrected chi connectivity index (χ4v) is 5.73. The number of benzene rings is 1. The zero-order valence-electron chi connectivity index (χ0n) is 15.3. The molecule has 1 aliphatic rings. The quantitative estimate of drug-likeness (QED) is 0.438. The Hall–Kier alpha value is -0.163. The first kappa shape index (κ1) is 19.2. The van der Waals surface area contributed by atoms with Crippen molar-refractivity contribution in [3.63, 3.8) is 0 Å². The van der Waals surface area contributed by atoms with E-state index in [2.05, 4.69) is 77.7 Å². The van der Waals surface area contributed by atoms with Crippen LogP contribution >= 0.6 is 15.9 Å². The van der Waals surface area contributed by atoms with Gasteiger partial charge in [-0.25, -0.2) is 0 Å². The number of halogens is 1. The number of hydrogen-bond donors (Lipinski definition) is 0. The molecule has 0 N–H and O–H groups in total. The summed E-state index contributed by atoms with van der Waals surface area (Å²) >= 11 is 4.07. The van der Waals surface area contributed by atoms with Crippen molar-refractivity contribution in [2.45, 2.75) is 68.4 Å². The average molecular weight is 398 g/mol. The highest BCUT2D eigenvalue weighted by atomic mass is 79.9. The second kappa shape index (κ2) is 8.28. The molecule has 0 saturated carbocycles. The van der Waals surface area contributed by atoms with E-state index in [0.29, 0.717) is 22.6 Å². The number of nitrogens with zero attached hydrogens (tertiary/aromatic N) is 1. The molecule has 0 aromatic heterocycles. The van der Waals surface area contributed by atoms with Crippen molar-refractivity contribution >= 4 is 24.0 Å². The second-order valence-electron chi connectivity index (χ2n) is 7.84. The summed E-state index contributed by atoms with van der Waals surface area (Å²) in [5, 5.41) is 0. The van der Waals surface area contributed by atoms with Crippen molar-refractivity contribution in [1.29, 1.82) is 0 Å². The SMILES string of the molecule is CCC[C@H]1C[C@@H]([C@H](Br)[Si](C)(C)C)N1[C@@H](COC)c1ccccc1. The third-order valence-electron chi connectivity index (χ3n) is 4.97. The van der Waals surface area contributed by atoms with E-state index >= 15 is 0 Å². The highest BCUT2D eigenvalue weighted by Gasteiger charge is 2.48. The molecular formula is C19H32BrNOSi. The molecule has 1 aliphatic heterocycles. The van der Waals surface area contributed by atoms with Crippen molar-refractivity contribution in [3.05, 3.63) is 35.9 Å². The third-order valence-corrected chi connectivity index (χ3v) is 11.7. The number of methoxy groups -OCH3 is 1. The first-order chi connectivity index (χ1) is 10.9. The number of hydrogen-bond acceptors (Lipinski definition) is 2. The van der Waals surface area contributed by atoms with Gasteiger partial charge in [0.1, 0.15) is 0 Å². The zero-order chi connectivity index (χ0) is 17.0. The largest absolute Gasteiger partial charge is 0.383 e. The molecule has 0 radical (unpaired) electrons. The monoisotopic (exact) mass is 397 g/mol. The number of ether oxygens (including phenoxy) is 1. The summed E-state index contributed by atoms with van der Waals surface area (Å²) in [6, 6.07) is 12.6. The second-order valence-corrected chi connectivity index (χ2v) is 15.0. The molecule has 1 saturated heterocycles. The number of likely N-dealkylation sites (tertiary alicyclic amines) is 1. The van der Waals surface area contributed by atoms with Gasteiger partial charge in [-0.1, -0.05) is 79.2 Å². The molecule has 4 heteroatoms. The maximum atomic E-state index is 5.61. The van der Waals surface area contributed by atoms with E-state index in [4.69, 9.17) is 4.74 Å². The third kappa shape index (κ3) is 4.47. The lowest BCUT2D eigenvalue weighted by molar-refractivity contribution is -0.0493. The highest BCUT2D eigenvalue weighted by molar-refractivity contribution is 9.10. The lowest BCUT2D eigenvalue weighted by atomic mass is 9.86. The van der Waals surface area contributed by atoms with E-state index < -0.39 is 8.07 Å². The summed E-state index contributed by atoms with van der Waals surface area (Å²) in [6.07, 6.45) is 3.86. The molecule has 4 atom stereocenters. The van der Waals surface area contributed by atoms with Crippen LogP contribution in [0.3, 0.4) is 0 Å².